The fourth-order valence-corrected chi connectivity index (χ4v) is 0.804. The zero-order chi connectivity index (χ0) is 11.1. The molecule has 0 radical (unpaired) electrons. The van der Waals surface area contributed by atoms with Crippen LogP contribution in [0.15, 0.2) is 0 Å². The molecular weight excluding hydrogens is 182 g/mol. The molecule has 0 aromatic carbocycles. The molecule has 14 heavy (non-hydrogen) atoms. The van der Waals surface area contributed by atoms with Gasteiger partial charge >= 0.3 is 0 Å². The second kappa shape index (κ2) is 6.37. The number of carbonyl (C=O) groups is 2. The molecule has 0 saturated heterocycles. The lowest BCUT2D eigenvalue weighted by molar-refractivity contribution is -0.131. The smallest absolute Gasteiger partial charge is 0.241 e. The van der Waals surface area contributed by atoms with Gasteiger partial charge in [0, 0.05) is 20.5 Å². The molecular formula is C9H19N3O2. The molecule has 0 aromatic heterocycles. The van der Waals surface area contributed by atoms with Gasteiger partial charge in [-0.25, -0.2) is 0 Å². The fraction of sp³-hybridized carbons (Fsp3) is 0.778. The van der Waals surface area contributed by atoms with E-state index in [0.717, 1.165) is 0 Å². The molecule has 0 spiro atoms. The summed E-state index contributed by atoms with van der Waals surface area (Å²) in [6, 6.07) is 0. The number of hydrogen-bond donors (Lipinski definition) is 2. The van der Waals surface area contributed by atoms with Gasteiger partial charge in [0.05, 0.1) is 6.54 Å². The summed E-state index contributed by atoms with van der Waals surface area (Å²) < 4.78 is 0. The Kier molecular flexibility index (Phi) is 5.87. The van der Waals surface area contributed by atoms with Crippen molar-refractivity contribution in [2.45, 2.75) is 13.3 Å². The van der Waals surface area contributed by atoms with E-state index in [9.17, 15) is 9.59 Å². The van der Waals surface area contributed by atoms with Crippen LogP contribution in [0.1, 0.15) is 13.3 Å². The minimum atomic E-state index is -0.127. The number of nitrogens with one attached hydrogen (secondary N) is 1. The molecule has 0 bridgehead atoms. The molecule has 0 heterocycles. The summed E-state index contributed by atoms with van der Waals surface area (Å²) in [6.45, 7) is 2.44. The van der Waals surface area contributed by atoms with Crippen LogP contribution in [0.4, 0.5) is 0 Å². The van der Waals surface area contributed by atoms with Crippen LogP contribution in [0.3, 0.4) is 0 Å². The van der Waals surface area contributed by atoms with E-state index >= 15 is 0 Å². The minimum Gasteiger partial charge on any atom is -0.347 e. The summed E-state index contributed by atoms with van der Waals surface area (Å²) in [4.78, 5) is 23.7. The van der Waals surface area contributed by atoms with Crippen molar-refractivity contribution in [3.05, 3.63) is 0 Å². The van der Waals surface area contributed by atoms with E-state index in [1.165, 1.54) is 4.90 Å². The van der Waals surface area contributed by atoms with E-state index in [4.69, 9.17) is 5.73 Å². The second-order valence-electron chi connectivity index (χ2n) is 3.61. The third-order valence-corrected chi connectivity index (χ3v) is 1.87. The van der Waals surface area contributed by atoms with Crippen molar-refractivity contribution >= 4 is 11.8 Å². The van der Waals surface area contributed by atoms with E-state index in [0.29, 0.717) is 13.0 Å². The second-order valence-corrected chi connectivity index (χ2v) is 3.61. The lowest BCUT2D eigenvalue weighted by Crippen LogP contribution is -2.37. The van der Waals surface area contributed by atoms with Gasteiger partial charge in [-0.05, 0) is 12.5 Å². The number of rotatable bonds is 5. The highest BCUT2D eigenvalue weighted by Crippen LogP contribution is 1.97. The topological polar surface area (TPSA) is 75.4 Å². The zero-order valence-electron chi connectivity index (χ0n) is 9.04. The summed E-state index contributed by atoms with van der Waals surface area (Å²) in [6.07, 6.45) is 0.372. The van der Waals surface area contributed by atoms with Crippen LogP contribution in [0.2, 0.25) is 0 Å². The third-order valence-electron chi connectivity index (χ3n) is 1.87. The molecule has 0 rings (SSSR count). The van der Waals surface area contributed by atoms with Crippen molar-refractivity contribution in [1.29, 1.82) is 0 Å². The lowest BCUT2D eigenvalue weighted by Gasteiger charge is -2.12. The Morgan fingerprint density at radius 1 is 1.43 bits per heavy atom. The van der Waals surface area contributed by atoms with Crippen molar-refractivity contribution in [3.63, 3.8) is 0 Å². The number of nitrogens with zero attached hydrogens (tertiary/aromatic N) is 1. The van der Waals surface area contributed by atoms with Gasteiger partial charge in [0.1, 0.15) is 0 Å². The molecule has 0 aliphatic heterocycles. The van der Waals surface area contributed by atoms with Crippen LogP contribution in [-0.2, 0) is 9.59 Å². The average Bonchev–Trinajstić information content (AvgIpc) is 2.13. The van der Waals surface area contributed by atoms with Gasteiger partial charge in [-0.3, -0.25) is 9.59 Å². The molecule has 82 valence electrons. The molecule has 5 heteroatoms. The molecule has 0 fully saturated rings. The molecule has 2 amide bonds. The minimum absolute atomic E-state index is 0.0587. The highest BCUT2D eigenvalue weighted by molar-refractivity contribution is 5.84. The molecule has 0 aromatic rings. The summed E-state index contributed by atoms with van der Waals surface area (Å²) in [5.41, 5.74) is 5.37. The average molecular weight is 201 g/mol. The van der Waals surface area contributed by atoms with Gasteiger partial charge in [-0.15, -0.1) is 0 Å². The van der Waals surface area contributed by atoms with Crippen LogP contribution in [0.25, 0.3) is 0 Å². The van der Waals surface area contributed by atoms with Crippen LogP contribution in [-0.4, -0.2) is 43.9 Å². The monoisotopic (exact) mass is 201 g/mol. The number of hydrogen-bond acceptors (Lipinski definition) is 3. The zero-order valence-corrected chi connectivity index (χ0v) is 9.04. The maximum Gasteiger partial charge on any atom is 0.241 e. The lowest BCUT2D eigenvalue weighted by atomic mass is 10.1. The molecule has 0 aliphatic carbocycles. The van der Waals surface area contributed by atoms with Gasteiger partial charge in [-0.1, -0.05) is 6.92 Å². The first kappa shape index (κ1) is 12.9. The van der Waals surface area contributed by atoms with Crippen molar-refractivity contribution < 1.29 is 9.59 Å². The van der Waals surface area contributed by atoms with Gasteiger partial charge in [0.25, 0.3) is 0 Å². The quantitative estimate of drug-likeness (QED) is 0.610. The van der Waals surface area contributed by atoms with Crippen LogP contribution in [0, 0.1) is 5.92 Å². The molecule has 0 aliphatic rings. The van der Waals surface area contributed by atoms with E-state index < -0.39 is 0 Å². The summed E-state index contributed by atoms with van der Waals surface area (Å²) in [5, 5.41) is 2.54. The summed E-state index contributed by atoms with van der Waals surface area (Å²) in [5.74, 6) is -0.0821. The van der Waals surface area contributed by atoms with Crippen molar-refractivity contribution in [2.75, 3.05) is 27.2 Å². The Balaban J connectivity index is 3.69. The Morgan fingerprint density at radius 2 is 2.00 bits per heavy atom. The number of amides is 2. The Labute approximate surface area is 84.6 Å². The van der Waals surface area contributed by atoms with Crippen molar-refractivity contribution in [2.24, 2.45) is 11.7 Å². The van der Waals surface area contributed by atoms with E-state index in [-0.39, 0.29) is 24.3 Å². The van der Waals surface area contributed by atoms with Crippen LogP contribution in [0.5, 0.6) is 0 Å². The Morgan fingerprint density at radius 3 is 2.43 bits per heavy atom. The van der Waals surface area contributed by atoms with E-state index in [1.807, 2.05) is 6.92 Å². The van der Waals surface area contributed by atoms with Crippen molar-refractivity contribution in [3.8, 4) is 0 Å². The van der Waals surface area contributed by atoms with E-state index in [1.54, 1.807) is 14.1 Å². The van der Waals surface area contributed by atoms with Gasteiger partial charge < -0.3 is 16.0 Å². The summed E-state index contributed by atoms with van der Waals surface area (Å²) >= 11 is 0. The third kappa shape index (κ3) is 5.53. The van der Waals surface area contributed by atoms with Gasteiger partial charge in [0.15, 0.2) is 0 Å². The van der Waals surface area contributed by atoms with Crippen molar-refractivity contribution in [1.82, 2.24) is 10.2 Å². The normalized spacial score (nSPS) is 12.0. The van der Waals surface area contributed by atoms with E-state index in [2.05, 4.69) is 5.32 Å². The number of carbonyl (C=O) groups excluding carboxylic acids is 2. The highest BCUT2D eigenvalue weighted by atomic mass is 16.2. The molecule has 1 atom stereocenters. The standard InChI is InChI=1S/C9H19N3O2/c1-7(5-10)4-8(13)11-6-9(14)12(2)3/h7H,4-6,10H2,1-3H3,(H,11,13). The summed E-state index contributed by atoms with van der Waals surface area (Å²) in [7, 11) is 3.30. The first-order chi connectivity index (χ1) is 6.47. The van der Waals surface area contributed by atoms with Gasteiger partial charge in [-0.2, -0.15) is 0 Å². The SMILES string of the molecule is CC(CN)CC(=O)NCC(=O)N(C)C. The van der Waals surface area contributed by atoms with Gasteiger partial charge in [0.2, 0.25) is 11.8 Å². The Bertz CT molecular complexity index is 204. The first-order valence-corrected chi connectivity index (χ1v) is 4.64. The molecule has 3 N–H and O–H groups in total. The number of likely N-dealkylation sites (N-methyl/N-ethyl adjacent to an activating group) is 1. The predicted molar refractivity (Wildman–Crippen MR) is 54.5 cm³/mol. The van der Waals surface area contributed by atoms with Crippen LogP contribution >= 0.6 is 0 Å². The largest absolute Gasteiger partial charge is 0.347 e. The number of nitrogens with two attached hydrogens (primary N) is 1. The Hall–Kier alpha value is -1.10. The van der Waals surface area contributed by atoms with Crippen LogP contribution < -0.4 is 11.1 Å². The first-order valence-electron chi connectivity index (χ1n) is 4.64. The molecule has 1 unspecified atom stereocenters. The fourth-order valence-electron chi connectivity index (χ4n) is 0.804. The molecule has 5 nitrogen and oxygen atoms in total. The molecule has 0 saturated carbocycles. The maximum absolute atomic E-state index is 11.2. The highest BCUT2D eigenvalue weighted by Gasteiger charge is 2.09. The maximum atomic E-state index is 11.2. The predicted octanol–water partition coefficient (Wildman–Crippen LogP) is -0.824.